The Bertz CT molecular complexity index is 895. The molecule has 3 rings (SSSR count). The summed E-state index contributed by atoms with van der Waals surface area (Å²) in [6.45, 7) is 5.64. The molecule has 0 atom stereocenters. The van der Waals surface area contributed by atoms with E-state index in [4.69, 9.17) is 9.26 Å². The molecule has 0 fully saturated rings. The molecule has 3 aromatic rings. The largest absolute Gasteiger partial charge is 0.496 e. The topological polar surface area (TPSA) is 77.2 Å². The van der Waals surface area contributed by atoms with E-state index in [9.17, 15) is 4.79 Å². The second-order valence-electron chi connectivity index (χ2n) is 5.77. The Morgan fingerprint density at radius 1 is 1.32 bits per heavy atom. The molecule has 25 heavy (non-hydrogen) atoms. The first-order valence-corrected chi connectivity index (χ1v) is 8.68. The summed E-state index contributed by atoms with van der Waals surface area (Å²) < 4.78 is 10.5. The van der Waals surface area contributed by atoms with E-state index in [-0.39, 0.29) is 12.3 Å². The van der Waals surface area contributed by atoms with E-state index in [0.29, 0.717) is 10.9 Å². The number of aromatic nitrogens is 2. The van der Waals surface area contributed by atoms with Gasteiger partial charge in [0.05, 0.1) is 24.9 Å². The van der Waals surface area contributed by atoms with Crippen molar-refractivity contribution in [3.05, 3.63) is 46.2 Å². The van der Waals surface area contributed by atoms with Crippen LogP contribution in [-0.4, -0.2) is 23.2 Å². The quantitative estimate of drug-likeness (QED) is 0.749. The van der Waals surface area contributed by atoms with Gasteiger partial charge in [0.1, 0.15) is 11.5 Å². The van der Waals surface area contributed by atoms with Crippen LogP contribution in [0, 0.1) is 20.8 Å². The van der Waals surface area contributed by atoms with Crippen LogP contribution in [0.3, 0.4) is 0 Å². The number of anilines is 1. The van der Waals surface area contributed by atoms with Gasteiger partial charge in [-0.05, 0) is 32.9 Å². The first-order chi connectivity index (χ1) is 12.0. The molecule has 6 nitrogen and oxygen atoms in total. The number of nitrogens with one attached hydrogen (secondary N) is 1. The standard InChI is InChI=1S/C18H19N3O3S/c1-10-5-6-16(23-4)14(7-10)15-9-25-18(19-15)20-17(22)8-13-11(2)21-24-12(13)3/h5-7,9H,8H2,1-4H3,(H,19,20,22). The average molecular weight is 357 g/mol. The molecule has 1 amide bonds. The minimum atomic E-state index is -0.147. The van der Waals surface area contributed by atoms with Crippen molar-refractivity contribution >= 4 is 22.4 Å². The van der Waals surface area contributed by atoms with Crippen LogP contribution in [-0.2, 0) is 11.2 Å². The van der Waals surface area contributed by atoms with Gasteiger partial charge in [-0.3, -0.25) is 4.79 Å². The Labute approximate surface area is 149 Å². The molecule has 0 aliphatic rings. The minimum absolute atomic E-state index is 0.147. The Kier molecular flexibility index (Phi) is 4.85. The SMILES string of the molecule is COc1ccc(C)cc1-c1csc(NC(=O)Cc2c(C)noc2C)n1. The van der Waals surface area contributed by atoms with Gasteiger partial charge in [-0.25, -0.2) is 4.98 Å². The first kappa shape index (κ1) is 17.2. The van der Waals surface area contributed by atoms with Crippen LogP contribution in [0.4, 0.5) is 5.13 Å². The number of hydrogen-bond acceptors (Lipinski definition) is 6. The maximum atomic E-state index is 12.3. The van der Waals surface area contributed by atoms with E-state index < -0.39 is 0 Å². The van der Waals surface area contributed by atoms with Crippen molar-refractivity contribution in [2.24, 2.45) is 0 Å². The van der Waals surface area contributed by atoms with Crippen LogP contribution in [0.1, 0.15) is 22.6 Å². The fraction of sp³-hybridized carbons (Fsp3) is 0.278. The fourth-order valence-corrected chi connectivity index (χ4v) is 3.28. The number of methoxy groups -OCH3 is 1. The number of carbonyl (C=O) groups is 1. The number of nitrogens with zero attached hydrogens (tertiary/aromatic N) is 2. The monoisotopic (exact) mass is 357 g/mol. The molecule has 1 N–H and O–H groups in total. The molecule has 0 aliphatic carbocycles. The van der Waals surface area contributed by atoms with Crippen LogP contribution >= 0.6 is 11.3 Å². The zero-order valence-corrected chi connectivity index (χ0v) is 15.4. The van der Waals surface area contributed by atoms with Crippen molar-refractivity contribution in [3.8, 4) is 17.0 Å². The molecule has 0 spiro atoms. The van der Waals surface area contributed by atoms with Crippen molar-refractivity contribution in [1.29, 1.82) is 0 Å². The van der Waals surface area contributed by atoms with E-state index in [1.165, 1.54) is 11.3 Å². The summed E-state index contributed by atoms with van der Waals surface area (Å²) in [6, 6.07) is 5.92. The highest BCUT2D eigenvalue weighted by Crippen LogP contribution is 2.33. The highest BCUT2D eigenvalue weighted by Gasteiger charge is 2.16. The molecule has 0 aliphatic heterocycles. The van der Waals surface area contributed by atoms with E-state index >= 15 is 0 Å². The molecule has 2 heterocycles. The lowest BCUT2D eigenvalue weighted by Crippen LogP contribution is -2.15. The van der Waals surface area contributed by atoms with Crippen molar-refractivity contribution in [1.82, 2.24) is 10.1 Å². The van der Waals surface area contributed by atoms with Gasteiger partial charge in [0.15, 0.2) is 5.13 Å². The molecule has 0 radical (unpaired) electrons. The van der Waals surface area contributed by atoms with E-state index in [1.807, 2.05) is 37.4 Å². The lowest BCUT2D eigenvalue weighted by molar-refractivity contribution is -0.115. The molecule has 0 saturated heterocycles. The summed E-state index contributed by atoms with van der Waals surface area (Å²) in [5.41, 5.74) is 4.35. The molecule has 1 aromatic carbocycles. The average Bonchev–Trinajstić information content (AvgIpc) is 3.16. The van der Waals surface area contributed by atoms with Gasteiger partial charge >= 0.3 is 0 Å². The van der Waals surface area contributed by atoms with Crippen molar-refractivity contribution in [2.75, 3.05) is 12.4 Å². The summed E-state index contributed by atoms with van der Waals surface area (Å²) in [5, 5.41) is 9.16. The maximum absolute atomic E-state index is 12.3. The number of thiazole rings is 1. The first-order valence-electron chi connectivity index (χ1n) is 7.80. The second-order valence-corrected chi connectivity index (χ2v) is 6.63. The van der Waals surface area contributed by atoms with Gasteiger partial charge in [0.2, 0.25) is 5.91 Å². The van der Waals surface area contributed by atoms with Crippen LogP contribution in [0.25, 0.3) is 11.3 Å². The Morgan fingerprint density at radius 2 is 2.12 bits per heavy atom. The van der Waals surface area contributed by atoms with Crippen LogP contribution in [0.2, 0.25) is 0 Å². The number of hydrogen-bond donors (Lipinski definition) is 1. The van der Waals surface area contributed by atoms with E-state index in [0.717, 1.165) is 33.8 Å². The number of rotatable bonds is 5. The minimum Gasteiger partial charge on any atom is -0.496 e. The molecular formula is C18H19N3O3S. The van der Waals surface area contributed by atoms with Crippen molar-refractivity contribution in [3.63, 3.8) is 0 Å². The van der Waals surface area contributed by atoms with Gasteiger partial charge in [-0.1, -0.05) is 16.8 Å². The summed E-state index contributed by atoms with van der Waals surface area (Å²) in [6.07, 6.45) is 0.212. The number of ether oxygens (including phenoxy) is 1. The number of aryl methyl sites for hydroxylation is 3. The van der Waals surface area contributed by atoms with Crippen molar-refractivity contribution in [2.45, 2.75) is 27.2 Å². The third-order valence-electron chi connectivity index (χ3n) is 3.90. The van der Waals surface area contributed by atoms with Gasteiger partial charge in [0.25, 0.3) is 0 Å². The lowest BCUT2D eigenvalue weighted by atomic mass is 10.1. The smallest absolute Gasteiger partial charge is 0.230 e. The summed E-state index contributed by atoms with van der Waals surface area (Å²) in [5.74, 6) is 1.27. The Morgan fingerprint density at radius 3 is 2.80 bits per heavy atom. The van der Waals surface area contributed by atoms with Gasteiger partial charge in [0, 0.05) is 16.5 Å². The molecule has 0 bridgehead atoms. The van der Waals surface area contributed by atoms with Gasteiger partial charge in [-0.15, -0.1) is 11.3 Å². The van der Waals surface area contributed by atoms with E-state index in [1.54, 1.807) is 14.0 Å². The third-order valence-corrected chi connectivity index (χ3v) is 4.66. The van der Waals surface area contributed by atoms with E-state index in [2.05, 4.69) is 15.5 Å². The molecule has 7 heteroatoms. The number of amides is 1. The third kappa shape index (κ3) is 3.71. The highest BCUT2D eigenvalue weighted by atomic mass is 32.1. The van der Waals surface area contributed by atoms with Crippen LogP contribution in [0.15, 0.2) is 28.1 Å². The Balaban J connectivity index is 1.76. The van der Waals surface area contributed by atoms with Gasteiger partial charge in [-0.2, -0.15) is 0 Å². The van der Waals surface area contributed by atoms with Crippen LogP contribution < -0.4 is 10.1 Å². The zero-order valence-electron chi connectivity index (χ0n) is 14.5. The van der Waals surface area contributed by atoms with Gasteiger partial charge < -0.3 is 14.6 Å². The molecular weight excluding hydrogens is 338 g/mol. The fourth-order valence-electron chi connectivity index (χ4n) is 2.56. The lowest BCUT2D eigenvalue weighted by Gasteiger charge is -2.07. The number of carbonyl (C=O) groups excluding carboxylic acids is 1. The molecule has 0 unspecified atom stereocenters. The summed E-state index contributed by atoms with van der Waals surface area (Å²) in [7, 11) is 1.63. The predicted molar refractivity (Wildman–Crippen MR) is 97.1 cm³/mol. The molecule has 130 valence electrons. The molecule has 0 saturated carbocycles. The summed E-state index contributed by atoms with van der Waals surface area (Å²) in [4.78, 5) is 16.8. The Hall–Kier alpha value is -2.67. The van der Waals surface area contributed by atoms with Crippen molar-refractivity contribution < 1.29 is 14.1 Å². The summed E-state index contributed by atoms with van der Waals surface area (Å²) >= 11 is 1.38. The highest BCUT2D eigenvalue weighted by molar-refractivity contribution is 7.14. The number of benzene rings is 1. The predicted octanol–water partition coefficient (Wildman–Crippen LogP) is 3.91. The van der Waals surface area contributed by atoms with Crippen LogP contribution in [0.5, 0.6) is 5.75 Å². The molecule has 2 aromatic heterocycles. The second kappa shape index (κ2) is 7.06. The normalized spacial score (nSPS) is 10.7. The maximum Gasteiger partial charge on any atom is 0.230 e. The zero-order chi connectivity index (χ0) is 18.0.